The molecule has 0 spiro atoms. The predicted molar refractivity (Wildman–Crippen MR) is 117 cm³/mol. The van der Waals surface area contributed by atoms with Crippen molar-refractivity contribution < 1.29 is 39.9 Å². The molecule has 33 heavy (non-hydrogen) atoms. The fraction of sp³-hybridized carbons (Fsp3) is 0.250. The minimum absolute atomic E-state index is 0.0596. The molecule has 178 valence electrons. The number of nitrogens with one attached hydrogen (secondary N) is 1. The zero-order chi connectivity index (χ0) is 24.6. The molecule has 1 aliphatic heterocycles. The zero-order valence-electron chi connectivity index (χ0n) is 17.5. The Morgan fingerprint density at radius 1 is 1.21 bits per heavy atom. The van der Waals surface area contributed by atoms with Crippen LogP contribution in [0.5, 0.6) is 11.5 Å². The standard InChI is InChI=1S/C20H20F2N2O7S2/c1-4-6-15-14-11-12(23-20(25)24(32(2,26)27)33(3,28)29)9-10-13(14)18-16(30-15)7-5-8-17(18)31-19(21)22/h4-5,7-11,15,19H,1,6H2,2-3H3,(H,23,25). The van der Waals surface area contributed by atoms with Crippen LogP contribution >= 0.6 is 0 Å². The fourth-order valence-corrected chi connectivity index (χ4v) is 6.12. The SMILES string of the molecule is C=CCC1Oc2cccc(OC(F)F)c2-c2ccc(NC(=O)N(S(C)(=O)=O)S(C)(=O)=O)cc21. The Morgan fingerprint density at radius 2 is 1.88 bits per heavy atom. The Labute approximate surface area is 189 Å². The minimum atomic E-state index is -4.43. The maximum atomic E-state index is 12.9. The second kappa shape index (κ2) is 8.98. The van der Waals surface area contributed by atoms with E-state index in [9.17, 15) is 30.4 Å². The molecule has 0 saturated heterocycles. The Kier molecular flexibility index (Phi) is 6.65. The smallest absolute Gasteiger partial charge is 0.387 e. The van der Waals surface area contributed by atoms with E-state index in [2.05, 4.69) is 16.6 Å². The first-order chi connectivity index (χ1) is 15.3. The van der Waals surface area contributed by atoms with Crippen LogP contribution in [0.4, 0.5) is 19.3 Å². The number of carbonyl (C=O) groups excluding carboxylic acids is 1. The van der Waals surface area contributed by atoms with Gasteiger partial charge in [0, 0.05) is 17.7 Å². The topological polar surface area (TPSA) is 119 Å². The number of hydrogen-bond donors (Lipinski definition) is 1. The van der Waals surface area contributed by atoms with Crippen molar-refractivity contribution in [3.63, 3.8) is 0 Å². The molecule has 1 aliphatic rings. The van der Waals surface area contributed by atoms with Gasteiger partial charge in [-0.15, -0.1) is 10.3 Å². The summed E-state index contributed by atoms with van der Waals surface area (Å²) in [6.45, 7) is 0.608. The summed E-state index contributed by atoms with van der Waals surface area (Å²) in [5.41, 5.74) is 1.29. The second-order valence-corrected chi connectivity index (χ2v) is 11.0. The summed E-state index contributed by atoms with van der Waals surface area (Å²) in [4.78, 5) is 12.5. The maximum Gasteiger partial charge on any atom is 0.387 e. The molecule has 0 bridgehead atoms. The van der Waals surface area contributed by atoms with Gasteiger partial charge in [0.15, 0.2) is 0 Å². The van der Waals surface area contributed by atoms with Gasteiger partial charge in [0.2, 0.25) is 20.0 Å². The number of urea groups is 1. The first-order valence-electron chi connectivity index (χ1n) is 9.34. The van der Waals surface area contributed by atoms with Crippen LogP contribution in [0.1, 0.15) is 18.1 Å². The summed E-state index contributed by atoms with van der Waals surface area (Å²) in [5, 5.41) is 2.23. The summed E-state index contributed by atoms with van der Waals surface area (Å²) in [7, 11) is -8.86. The number of anilines is 1. The van der Waals surface area contributed by atoms with Crippen molar-refractivity contribution in [1.29, 1.82) is 0 Å². The van der Waals surface area contributed by atoms with Crippen LogP contribution in [0.2, 0.25) is 0 Å². The second-order valence-electron chi connectivity index (χ2n) is 7.09. The first-order valence-corrected chi connectivity index (χ1v) is 13.0. The number of sulfonamides is 2. The summed E-state index contributed by atoms with van der Waals surface area (Å²) < 4.78 is 83.4. The lowest BCUT2D eigenvalue weighted by Crippen LogP contribution is -2.43. The highest BCUT2D eigenvalue weighted by Crippen LogP contribution is 2.49. The molecule has 1 atom stereocenters. The third kappa shape index (κ3) is 5.25. The number of halogens is 2. The molecule has 0 fully saturated rings. The minimum Gasteiger partial charge on any atom is -0.485 e. The van der Waals surface area contributed by atoms with Crippen molar-refractivity contribution in [2.75, 3.05) is 17.8 Å². The van der Waals surface area contributed by atoms with E-state index in [1.54, 1.807) is 12.1 Å². The quantitative estimate of drug-likeness (QED) is 0.573. The maximum absolute atomic E-state index is 12.9. The van der Waals surface area contributed by atoms with Gasteiger partial charge in [-0.05, 0) is 29.8 Å². The summed E-state index contributed by atoms with van der Waals surface area (Å²) >= 11 is 0. The molecule has 0 aliphatic carbocycles. The van der Waals surface area contributed by atoms with Gasteiger partial charge in [0.05, 0.1) is 18.1 Å². The van der Waals surface area contributed by atoms with E-state index in [-0.39, 0.29) is 20.7 Å². The number of alkyl halides is 2. The zero-order valence-corrected chi connectivity index (χ0v) is 19.1. The van der Waals surface area contributed by atoms with E-state index in [1.807, 2.05) is 0 Å². The highest BCUT2D eigenvalue weighted by atomic mass is 32.3. The normalized spacial score (nSPS) is 15.1. The van der Waals surface area contributed by atoms with E-state index in [0.717, 1.165) is 0 Å². The van der Waals surface area contributed by atoms with Gasteiger partial charge >= 0.3 is 12.6 Å². The van der Waals surface area contributed by atoms with Crippen LogP contribution in [0, 0.1) is 0 Å². The first kappa shape index (κ1) is 24.5. The fourth-order valence-electron chi connectivity index (χ4n) is 3.46. The third-order valence-electron chi connectivity index (χ3n) is 4.54. The average molecular weight is 503 g/mol. The molecule has 0 saturated carbocycles. The molecule has 9 nitrogen and oxygen atoms in total. The van der Waals surface area contributed by atoms with Crippen molar-refractivity contribution in [1.82, 2.24) is 3.71 Å². The lowest BCUT2D eigenvalue weighted by molar-refractivity contribution is -0.0496. The third-order valence-corrected chi connectivity index (χ3v) is 7.70. The van der Waals surface area contributed by atoms with Crippen LogP contribution in [0.3, 0.4) is 0 Å². The summed E-state index contributed by atoms with van der Waals surface area (Å²) in [6, 6.07) is 7.37. The monoisotopic (exact) mass is 502 g/mol. The Balaban J connectivity index is 2.07. The average Bonchev–Trinajstić information content (AvgIpc) is 2.65. The highest BCUT2D eigenvalue weighted by Gasteiger charge is 2.34. The van der Waals surface area contributed by atoms with Crippen molar-refractivity contribution in [2.45, 2.75) is 19.1 Å². The molecule has 2 aromatic rings. The number of rotatable bonds is 7. The van der Waals surface area contributed by atoms with Gasteiger partial charge in [-0.3, -0.25) is 0 Å². The van der Waals surface area contributed by atoms with Crippen molar-refractivity contribution in [3.05, 3.63) is 54.6 Å². The largest absolute Gasteiger partial charge is 0.485 e. The van der Waals surface area contributed by atoms with E-state index in [1.165, 1.54) is 30.3 Å². The van der Waals surface area contributed by atoms with Gasteiger partial charge < -0.3 is 14.8 Å². The van der Waals surface area contributed by atoms with Crippen LogP contribution in [0.25, 0.3) is 11.1 Å². The summed E-state index contributed by atoms with van der Waals surface area (Å²) in [5.74, 6) is 0.197. The number of amides is 2. The molecular formula is C20H20F2N2O7S2. The molecule has 2 amide bonds. The van der Waals surface area contributed by atoms with Crippen molar-refractivity contribution in [3.8, 4) is 22.6 Å². The van der Waals surface area contributed by atoms with Crippen LogP contribution in [-0.2, 0) is 20.0 Å². The number of hydrogen-bond acceptors (Lipinski definition) is 7. The highest BCUT2D eigenvalue weighted by molar-refractivity contribution is 8.04. The number of fused-ring (bicyclic) bond motifs is 3. The van der Waals surface area contributed by atoms with Gasteiger partial charge in [0.1, 0.15) is 17.6 Å². The molecule has 1 heterocycles. The van der Waals surface area contributed by atoms with E-state index >= 15 is 0 Å². The Bertz CT molecular complexity index is 1280. The van der Waals surface area contributed by atoms with Gasteiger partial charge in [-0.25, -0.2) is 21.6 Å². The van der Waals surface area contributed by atoms with Crippen LogP contribution < -0.4 is 14.8 Å². The molecule has 3 rings (SSSR count). The number of ether oxygens (including phenoxy) is 2. The van der Waals surface area contributed by atoms with Gasteiger partial charge in [-0.1, -0.05) is 18.2 Å². The van der Waals surface area contributed by atoms with E-state index < -0.39 is 38.8 Å². The molecule has 0 aromatic heterocycles. The van der Waals surface area contributed by atoms with E-state index in [4.69, 9.17) is 4.74 Å². The van der Waals surface area contributed by atoms with E-state index in [0.29, 0.717) is 35.8 Å². The molecular weight excluding hydrogens is 482 g/mol. The van der Waals surface area contributed by atoms with Gasteiger partial charge in [-0.2, -0.15) is 8.78 Å². The molecule has 0 radical (unpaired) electrons. The lowest BCUT2D eigenvalue weighted by Gasteiger charge is -2.30. The van der Waals surface area contributed by atoms with Crippen LogP contribution in [0.15, 0.2) is 49.1 Å². The van der Waals surface area contributed by atoms with Crippen molar-refractivity contribution >= 4 is 31.8 Å². The molecule has 1 unspecified atom stereocenters. The van der Waals surface area contributed by atoms with Crippen LogP contribution in [-0.4, -0.2) is 45.7 Å². The Morgan fingerprint density at radius 3 is 2.45 bits per heavy atom. The summed E-state index contributed by atoms with van der Waals surface area (Å²) in [6.07, 6.45) is 2.46. The van der Waals surface area contributed by atoms with Gasteiger partial charge in [0.25, 0.3) is 0 Å². The number of benzene rings is 2. The number of carbonyl (C=O) groups is 1. The lowest BCUT2D eigenvalue weighted by atomic mass is 9.90. The molecule has 13 heteroatoms. The number of nitrogens with zero attached hydrogens (tertiary/aromatic N) is 1. The molecule has 1 N–H and O–H groups in total. The van der Waals surface area contributed by atoms with Crippen molar-refractivity contribution in [2.24, 2.45) is 0 Å². The molecule has 2 aromatic carbocycles. The Hall–Kier alpha value is -3.19. The predicted octanol–water partition coefficient (Wildman–Crippen LogP) is 3.72.